The third-order valence-corrected chi connectivity index (χ3v) is 3.17. The van der Waals surface area contributed by atoms with Crippen LogP contribution in [0.1, 0.15) is 72.6 Å². The highest BCUT2D eigenvalue weighted by Gasteiger charge is 2.17. The highest BCUT2D eigenvalue weighted by atomic mass is 14.2. The molecule has 0 aromatic rings. The average molecular weight is 184 g/mol. The molecule has 13 heavy (non-hydrogen) atoms. The Morgan fingerprint density at radius 2 is 1.00 bits per heavy atom. The second-order valence-electron chi connectivity index (χ2n) is 4.29. The van der Waals surface area contributed by atoms with Crippen LogP contribution in [0.15, 0.2) is 0 Å². The fourth-order valence-corrected chi connectivity index (χ4v) is 2.50. The van der Waals surface area contributed by atoms with Crippen LogP contribution in [0.5, 0.6) is 0 Å². The zero-order valence-corrected chi connectivity index (χ0v) is 10.1. The number of rotatable bonds is 8. The third-order valence-electron chi connectivity index (χ3n) is 3.17. The van der Waals surface area contributed by atoms with Crippen LogP contribution >= 0.6 is 0 Å². The third kappa shape index (κ3) is 5.33. The molecule has 0 spiro atoms. The summed E-state index contributed by atoms with van der Waals surface area (Å²) in [5, 5.41) is 0. The van der Waals surface area contributed by atoms with E-state index in [4.69, 9.17) is 0 Å². The summed E-state index contributed by atoms with van der Waals surface area (Å²) in [6.45, 7) is 9.32. The Morgan fingerprint density at radius 1 is 0.615 bits per heavy atom. The van der Waals surface area contributed by atoms with Crippen LogP contribution in [0.25, 0.3) is 0 Å². The molecule has 1 unspecified atom stereocenters. The van der Waals surface area contributed by atoms with Gasteiger partial charge in [0.2, 0.25) is 0 Å². The van der Waals surface area contributed by atoms with Gasteiger partial charge in [0.15, 0.2) is 0 Å². The molecule has 80 valence electrons. The molecule has 0 aromatic heterocycles. The zero-order valence-electron chi connectivity index (χ0n) is 10.1. The van der Waals surface area contributed by atoms with Gasteiger partial charge in [-0.2, -0.15) is 0 Å². The fourth-order valence-electron chi connectivity index (χ4n) is 2.50. The van der Waals surface area contributed by atoms with Gasteiger partial charge in [0.1, 0.15) is 0 Å². The van der Waals surface area contributed by atoms with Gasteiger partial charge in [-0.3, -0.25) is 0 Å². The summed E-state index contributed by atoms with van der Waals surface area (Å²) < 4.78 is 0. The predicted octanol–water partition coefficient (Wildman–Crippen LogP) is 5.03. The van der Waals surface area contributed by atoms with Crippen molar-refractivity contribution in [3.8, 4) is 0 Å². The van der Waals surface area contributed by atoms with E-state index in [1.54, 1.807) is 0 Å². The summed E-state index contributed by atoms with van der Waals surface area (Å²) in [4.78, 5) is 0. The standard InChI is InChI=1S/C13H28/c1-5-9-12(8-4)13(10-6-2)11-7-3/h12-13H,5-11H2,1-4H3. The van der Waals surface area contributed by atoms with Crippen LogP contribution in [0.2, 0.25) is 0 Å². The Hall–Kier alpha value is 0. The van der Waals surface area contributed by atoms with Gasteiger partial charge in [0.05, 0.1) is 0 Å². The first kappa shape index (κ1) is 13.0. The molecule has 0 bridgehead atoms. The smallest absolute Gasteiger partial charge is 0.0386 e. The molecule has 1 atom stereocenters. The monoisotopic (exact) mass is 184 g/mol. The molecular weight excluding hydrogens is 156 g/mol. The van der Waals surface area contributed by atoms with E-state index in [0.717, 1.165) is 11.8 Å². The first-order valence-corrected chi connectivity index (χ1v) is 6.29. The lowest BCUT2D eigenvalue weighted by atomic mass is 9.81. The van der Waals surface area contributed by atoms with Gasteiger partial charge >= 0.3 is 0 Å². The normalized spacial score (nSPS) is 13.6. The first-order chi connectivity index (χ1) is 6.29. The summed E-state index contributed by atoms with van der Waals surface area (Å²) >= 11 is 0. The van der Waals surface area contributed by atoms with Crippen molar-refractivity contribution in [2.24, 2.45) is 11.8 Å². The van der Waals surface area contributed by atoms with E-state index in [1.807, 2.05) is 0 Å². The highest BCUT2D eigenvalue weighted by Crippen LogP contribution is 2.29. The summed E-state index contributed by atoms with van der Waals surface area (Å²) in [7, 11) is 0. The van der Waals surface area contributed by atoms with E-state index in [0.29, 0.717) is 0 Å². The van der Waals surface area contributed by atoms with E-state index in [9.17, 15) is 0 Å². The molecule has 0 heterocycles. The predicted molar refractivity (Wildman–Crippen MR) is 62.0 cm³/mol. The van der Waals surface area contributed by atoms with Crippen molar-refractivity contribution < 1.29 is 0 Å². The maximum absolute atomic E-state index is 2.36. The SMILES string of the molecule is CCCC(CC)C(CCC)CCC. The Bertz CT molecular complexity index is 90.2. The molecule has 0 rings (SSSR count). The van der Waals surface area contributed by atoms with E-state index in [-0.39, 0.29) is 0 Å². The average Bonchev–Trinajstić information content (AvgIpc) is 2.14. The lowest BCUT2D eigenvalue weighted by Gasteiger charge is -2.25. The molecule has 0 heteroatoms. The van der Waals surface area contributed by atoms with Crippen molar-refractivity contribution in [1.82, 2.24) is 0 Å². The van der Waals surface area contributed by atoms with Crippen molar-refractivity contribution in [2.45, 2.75) is 72.6 Å². The maximum Gasteiger partial charge on any atom is -0.0386 e. The second kappa shape index (κ2) is 8.59. The summed E-state index contributed by atoms with van der Waals surface area (Å²) in [6, 6.07) is 0. The largest absolute Gasteiger partial charge is 0.0654 e. The van der Waals surface area contributed by atoms with Crippen molar-refractivity contribution in [3.63, 3.8) is 0 Å². The van der Waals surface area contributed by atoms with Gasteiger partial charge in [0.25, 0.3) is 0 Å². The van der Waals surface area contributed by atoms with Gasteiger partial charge in [-0.25, -0.2) is 0 Å². The van der Waals surface area contributed by atoms with Crippen LogP contribution in [0.4, 0.5) is 0 Å². The second-order valence-corrected chi connectivity index (χ2v) is 4.29. The Labute approximate surface area is 85.1 Å². The minimum absolute atomic E-state index is 1.00. The summed E-state index contributed by atoms with van der Waals surface area (Å²) in [6.07, 6.45) is 9.83. The molecule has 0 amide bonds. The Balaban J connectivity index is 3.94. The lowest BCUT2D eigenvalue weighted by Crippen LogP contribution is -2.13. The quantitative estimate of drug-likeness (QED) is 0.496. The van der Waals surface area contributed by atoms with Gasteiger partial charge in [-0.15, -0.1) is 0 Å². The van der Waals surface area contributed by atoms with Crippen LogP contribution in [0.3, 0.4) is 0 Å². The molecule has 0 aliphatic carbocycles. The van der Waals surface area contributed by atoms with Gasteiger partial charge in [-0.05, 0) is 11.8 Å². The van der Waals surface area contributed by atoms with E-state index in [2.05, 4.69) is 27.7 Å². The Kier molecular flexibility index (Phi) is 8.59. The van der Waals surface area contributed by atoms with Crippen LogP contribution in [-0.2, 0) is 0 Å². The van der Waals surface area contributed by atoms with Crippen LogP contribution < -0.4 is 0 Å². The molecular formula is C13H28. The van der Waals surface area contributed by atoms with Gasteiger partial charge in [-0.1, -0.05) is 72.6 Å². The summed E-state index contributed by atoms with van der Waals surface area (Å²) in [5.74, 6) is 2.02. The number of hydrogen-bond donors (Lipinski definition) is 0. The Morgan fingerprint density at radius 3 is 1.31 bits per heavy atom. The molecule has 0 aliphatic rings. The lowest BCUT2D eigenvalue weighted by molar-refractivity contribution is 0.264. The van der Waals surface area contributed by atoms with E-state index >= 15 is 0 Å². The summed E-state index contributed by atoms with van der Waals surface area (Å²) in [5.41, 5.74) is 0. The molecule has 0 N–H and O–H groups in total. The van der Waals surface area contributed by atoms with Gasteiger partial charge in [0, 0.05) is 0 Å². The van der Waals surface area contributed by atoms with Crippen molar-refractivity contribution >= 4 is 0 Å². The minimum atomic E-state index is 1.00. The van der Waals surface area contributed by atoms with Gasteiger partial charge < -0.3 is 0 Å². The van der Waals surface area contributed by atoms with E-state index < -0.39 is 0 Å². The molecule has 0 fully saturated rings. The van der Waals surface area contributed by atoms with Crippen molar-refractivity contribution in [2.75, 3.05) is 0 Å². The van der Waals surface area contributed by atoms with E-state index in [1.165, 1.54) is 44.9 Å². The fraction of sp³-hybridized carbons (Fsp3) is 1.00. The molecule has 0 radical (unpaired) electrons. The molecule has 0 aromatic carbocycles. The van der Waals surface area contributed by atoms with Crippen LogP contribution in [0, 0.1) is 11.8 Å². The minimum Gasteiger partial charge on any atom is -0.0654 e. The first-order valence-electron chi connectivity index (χ1n) is 6.29. The van der Waals surface area contributed by atoms with Crippen LogP contribution in [-0.4, -0.2) is 0 Å². The van der Waals surface area contributed by atoms with Crippen molar-refractivity contribution in [3.05, 3.63) is 0 Å². The molecule has 0 aliphatic heterocycles. The molecule has 0 nitrogen and oxygen atoms in total. The zero-order chi connectivity index (χ0) is 10.1. The molecule has 0 saturated heterocycles. The van der Waals surface area contributed by atoms with Crippen molar-refractivity contribution in [1.29, 1.82) is 0 Å². The maximum atomic E-state index is 2.36. The number of hydrogen-bond acceptors (Lipinski definition) is 0. The molecule has 0 saturated carbocycles. The highest BCUT2D eigenvalue weighted by molar-refractivity contribution is 4.68. The topological polar surface area (TPSA) is 0 Å².